The summed E-state index contributed by atoms with van der Waals surface area (Å²) in [7, 11) is 0. The van der Waals surface area contributed by atoms with Crippen LogP contribution in [0.25, 0.3) is 0 Å². The molecule has 0 spiro atoms. The lowest BCUT2D eigenvalue weighted by molar-refractivity contribution is -0.120. The Hall–Kier alpha value is -2.53. The summed E-state index contributed by atoms with van der Waals surface area (Å²) in [6.07, 6.45) is 4.11. The summed E-state index contributed by atoms with van der Waals surface area (Å²) in [5.41, 5.74) is 2.21. The van der Waals surface area contributed by atoms with Gasteiger partial charge in [0.2, 0.25) is 5.91 Å². The van der Waals surface area contributed by atoms with Crippen LogP contribution in [0.4, 0.5) is 0 Å². The maximum absolute atomic E-state index is 12.6. The van der Waals surface area contributed by atoms with Crippen molar-refractivity contribution in [3.63, 3.8) is 0 Å². The van der Waals surface area contributed by atoms with Crippen LogP contribution in [-0.4, -0.2) is 43.7 Å². The molecule has 2 heterocycles. The molecule has 0 aromatic heterocycles. The van der Waals surface area contributed by atoms with Crippen molar-refractivity contribution in [3.8, 4) is 11.5 Å². The fourth-order valence-corrected chi connectivity index (χ4v) is 4.02. The molecule has 0 aliphatic carbocycles. The first-order valence-electron chi connectivity index (χ1n) is 10.2. The monoisotopic (exact) mass is 380 g/mol. The highest BCUT2D eigenvalue weighted by atomic mass is 16.6. The number of rotatable bonds is 6. The number of nitrogens with one attached hydrogen (secondary N) is 1. The number of fused-ring (bicyclic) bond motifs is 1. The van der Waals surface area contributed by atoms with Gasteiger partial charge in [-0.15, -0.1) is 0 Å². The third-order valence-corrected chi connectivity index (χ3v) is 5.48. The van der Waals surface area contributed by atoms with Crippen molar-refractivity contribution in [1.82, 2.24) is 10.2 Å². The predicted octanol–water partition coefficient (Wildman–Crippen LogP) is 3.34. The van der Waals surface area contributed by atoms with E-state index >= 15 is 0 Å². The van der Waals surface area contributed by atoms with Gasteiger partial charge in [-0.3, -0.25) is 9.69 Å². The number of likely N-dealkylation sites (tertiary alicyclic amines) is 1. The molecular weight excluding hydrogens is 352 g/mol. The Morgan fingerprint density at radius 2 is 1.71 bits per heavy atom. The van der Waals surface area contributed by atoms with Crippen LogP contribution in [0.15, 0.2) is 48.5 Å². The number of ether oxygens (including phenoxy) is 2. The van der Waals surface area contributed by atoms with Gasteiger partial charge in [-0.05, 0) is 49.2 Å². The number of amides is 1. The zero-order valence-electron chi connectivity index (χ0n) is 16.2. The van der Waals surface area contributed by atoms with Crippen LogP contribution in [0.1, 0.15) is 36.4 Å². The van der Waals surface area contributed by atoms with Crippen LogP contribution in [0.5, 0.6) is 11.5 Å². The second-order valence-electron chi connectivity index (χ2n) is 7.48. The zero-order valence-corrected chi connectivity index (χ0v) is 16.2. The van der Waals surface area contributed by atoms with E-state index in [1.807, 2.05) is 24.3 Å². The third-order valence-electron chi connectivity index (χ3n) is 5.48. The van der Waals surface area contributed by atoms with Crippen molar-refractivity contribution < 1.29 is 14.3 Å². The minimum atomic E-state index is 0.0367. The maximum Gasteiger partial charge on any atom is 0.224 e. The quantitative estimate of drug-likeness (QED) is 0.835. The maximum atomic E-state index is 12.6. The highest BCUT2D eigenvalue weighted by Crippen LogP contribution is 2.31. The standard InChI is InChI=1S/C23H28N2O3/c26-23(16-18-9-10-21-22(15-18)28-14-13-27-21)24-17-20(19-7-3-1-4-8-19)25-11-5-2-6-12-25/h1,3-4,7-10,15,20H,2,5-6,11-14,16-17H2,(H,24,26). The summed E-state index contributed by atoms with van der Waals surface area (Å²) in [4.78, 5) is 15.1. The van der Waals surface area contributed by atoms with Crippen LogP contribution < -0.4 is 14.8 Å². The largest absolute Gasteiger partial charge is 0.486 e. The smallest absolute Gasteiger partial charge is 0.224 e. The van der Waals surface area contributed by atoms with Gasteiger partial charge in [0, 0.05) is 6.54 Å². The summed E-state index contributed by atoms with van der Waals surface area (Å²) in [6.45, 7) is 3.95. The Balaban J connectivity index is 1.38. The normalized spacial score (nSPS) is 17.7. The molecule has 2 aromatic rings. The molecule has 1 atom stereocenters. The molecular formula is C23H28N2O3. The van der Waals surface area contributed by atoms with Crippen molar-refractivity contribution in [2.45, 2.75) is 31.7 Å². The second kappa shape index (κ2) is 9.11. The van der Waals surface area contributed by atoms with E-state index in [-0.39, 0.29) is 11.9 Å². The lowest BCUT2D eigenvalue weighted by atomic mass is 10.0. The molecule has 28 heavy (non-hydrogen) atoms. The summed E-state index contributed by atoms with van der Waals surface area (Å²) in [5.74, 6) is 1.52. The molecule has 5 heteroatoms. The molecule has 1 saturated heterocycles. The van der Waals surface area contributed by atoms with E-state index < -0.39 is 0 Å². The number of hydrogen-bond acceptors (Lipinski definition) is 4. The first-order valence-corrected chi connectivity index (χ1v) is 10.2. The Morgan fingerprint density at radius 3 is 2.50 bits per heavy atom. The average Bonchev–Trinajstić information content (AvgIpc) is 2.75. The van der Waals surface area contributed by atoms with E-state index in [4.69, 9.17) is 9.47 Å². The zero-order chi connectivity index (χ0) is 19.2. The van der Waals surface area contributed by atoms with E-state index in [0.29, 0.717) is 26.2 Å². The molecule has 2 aliphatic rings. The van der Waals surface area contributed by atoms with Crippen molar-refractivity contribution >= 4 is 5.91 Å². The predicted molar refractivity (Wildman–Crippen MR) is 109 cm³/mol. The second-order valence-corrected chi connectivity index (χ2v) is 7.48. The highest BCUT2D eigenvalue weighted by Gasteiger charge is 2.23. The number of benzene rings is 2. The lowest BCUT2D eigenvalue weighted by Gasteiger charge is -2.35. The third kappa shape index (κ3) is 4.65. The van der Waals surface area contributed by atoms with Gasteiger partial charge in [-0.2, -0.15) is 0 Å². The molecule has 148 valence electrons. The van der Waals surface area contributed by atoms with Crippen molar-refractivity contribution in [1.29, 1.82) is 0 Å². The fourth-order valence-electron chi connectivity index (χ4n) is 4.02. The summed E-state index contributed by atoms with van der Waals surface area (Å²) in [5, 5.41) is 3.15. The van der Waals surface area contributed by atoms with E-state index in [1.165, 1.54) is 24.8 Å². The van der Waals surface area contributed by atoms with Gasteiger partial charge in [0.1, 0.15) is 13.2 Å². The molecule has 0 radical (unpaired) electrons. The Labute approximate surface area is 166 Å². The average molecular weight is 380 g/mol. The van der Waals surface area contributed by atoms with Crippen LogP contribution >= 0.6 is 0 Å². The number of carbonyl (C=O) groups excluding carboxylic acids is 1. The molecule has 1 amide bonds. The summed E-state index contributed by atoms with van der Waals surface area (Å²) in [6, 6.07) is 16.5. The van der Waals surface area contributed by atoms with Gasteiger partial charge in [-0.25, -0.2) is 0 Å². The van der Waals surface area contributed by atoms with Crippen molar-refractivity contribution in [2.24, 2.45) is 0 Å². The van der Waals surface area contributed by atoms with E-state index in [2.05, 4.69) is 34.5 Å². The Bertz CT molecular complexity index is 788. The molecule has 2 aliphatic heterocycles. The van der Waals surface area contributed by atoms with Crippen LogP contribution in [-0.2, 0) is 11.2 Å². The molecule has 0 saturated carbocycles. The fraction of sp³-hybridized carbons (Fsp3) is 0.435. The number of piperidine rings is 1. The van der Waals surface area contributed by atoms with E-state index in [0.717, 1.165) is 30.2 Å². The molecule has 1 unspecified atom stereocenters. The van der Waals surface area contributed by atoms with Crippen molar-refractivity contribution in [2.75, 3.05) is 32.8 Å². The van der Waals surface area contributed by atoms with E-state index in [9.17, 15) is 4.79 Å². The molecule has 1 fully saturated rings. The Kier molecular flexibility index (Phi) is 6.12. The van der Waals surface area contributed by atoms with Gasteiger partial charge >= 0.3 is 0 Å². The van der Waals surface area contributed by atoms with Gasteiger partial charge in [0.15, 0.2) is 11.5 Å². The minimum absolute atomic E-state index is 0.0367. The number of nitrogens with zero attached hydrogens (tertiary/aromatic N) is 1. The molecule has 2 aromatic carbocycles. The molecule has 4 rings (SSSR count). The van der Waals surface area contributed by atoms with Crippen LogP contribution in [0, 0.1) is 0 Å². The first kappa shape index (κ1) is 18.8. The van der Waals surface area contributed by atoms with Gasteiger partial charge in [0.25, 0.3) is 0 Å². The minimum Gasteiger partial charge on any atom is -0.486 e. The van der Waals surface area contributed by atoms with Gasteiger partial charge < -0.3 is 14.8 Å². The summed E-state index contributed by atoms with van der Waals surface area (Å²) < 4.78 is 11.2. The first-order chi connectivity index (χ1) is 13.8. The molecule has 0 bridgehead atoms. The topological polar surface area (TPSA) is 50.8 Å². The van der Waals surface area contributed by atoms with Gasteiger partial charge in [0.05, 0.1) is 12.5 Å². The van der Waals surface area contributed by atoms with Crippen LogP contribution in [0.2, 0.25) is 0 Å². The lowest BCUT2D eigenvalue weighted by Crippen LogP contribution is -2.41. The Morgan fingerprint density at radius 1 is 0.964 bits per heavy atom. The highest BCUT2D eigenvalue weighted by molar-refractivity contribution is 5.78. The van der Waals surface area contributed by atoms with Gasteiger partial charge in [-0.1, -0.05) is 42.8 Å². The number of carbonyl (C=O) groups is 1. The number of hydrogen-bond donors (Lipinski definition) is 1. The van der Waals surface area contributed by atoms with Crippen LogP contribution in [0.3, 0.4) is 0 Å². The van der Waals surface area contributed by atoms with Crippen molar-refractivity contribution in [3.05, 3.63) is 59.7 Å². The van der Waals surface area contributed by atoms with E-state index in [1.54, 1.807) is 0 Å². The SMILES string of the molecule is O=C(Cc1ccc2c(c1)OCCO2)NCC(c1ccccc1)N1CCCCC1. The molecule has 5 nitrogen and oxygen atoms in total. The summed E-state index contributed by atoms with van der Waals surface area (Å²) >= 11 is 0. The molecule has 1 N–H and O–H groups in total.